The van der Waals surface area contributed by atoms with E-state index in [2.05, 4.69) is 42.1 Å². The minimum Gasteiger partial charge on any atom is -0.491 e. The molecule has 4 aliphatic heterocycles. The molecule has 6 N–H and O–H groups in total. The number of imide groups is 1. The van der Waals surface area contributed by atoms with Gasteiger partial charge in [-0.2, -0.15) is 0 Å². The van der Waals surface area contributed by atoms with Gasteiger partial charge in [-0.1, -0.05) is 6.07 Å². The topological polar surface area (TPSA) is 202 Å². The summed E-state index contributed by atoms with van der Waals surface area (Å²) in [6.07, 6.45) is 17.9. The Morgan fingerprint density at radius 3 is 2.52 bits per heavy atom. The van der Waals surface area contributed by atoms with Gasteiger partial charge in [-0.15, -0.1) is 0 Å². The van der Waals surface area contributed by atoms with Crippen LogP contribution in [0.15, 0.2) is 87.0 Å². The van der Waals surface area contributed by atoms with Crippen molar-refractivity contribution in [3.8, 4) is 0 Å². The molecule has 58 heavy (non-hydrogen) atoms. The number of hydrogen-bond acceptors (Lipinski definition) is 12. The number of carbonyl (C=O) groups is 3. The number of carbonyl (C=O) groups excluding carboxylic acids is 3. The Morgan fingerprint density at radius 2 is 1.81 bits per heavy atom. The number of rotatable bonds is 12. The third kappa shape index (κ3) is 8.33. The van der Waals surface area contributed by atoms with Crippen LogP contribution < -0.4 is 31.9 Å². The lowest BCUT2D eigenvalue weighted by Gasteiger charge is -2.38. The molecule has 3 saturated heterocycles. The monoisotopic (exact) mass is 789 g/mol. The van der Waals surface area contributed by atoms with E-state index in [9.17, 15) is 19.2 Å². The molecule has 2 aliphatic carbocycles. The number of anilines is 1. The smallest absolute Gasteiger partial charge is 0.329 e. The molecule has 1 unspecified atom stereocenters. The van der Waals surface area contributed by atoms with E-state index in [1.54, 1.807) is 46.8 Å². The van der Waals surface area contributed by atoms with Gasteiger partial charge in [-0.3, -0.25) is 28.8 Å². The van der Waals surface area contributed by atoms with Crippen molar-refractivity contribution in [1.29, 1.82) is 10.8 Å². The number of hydrogen-bond donors (Lipinski definition) is 6. The Hall–Kier alpha value is -6.03. The van der Waals surface area contributed by atoms with Crippen molar-refractivity contribution in [1.82, 2.24) is 35.3 Å². The summed E-state index contributed by atoms with van der Waals surface area (Å²) in [6.45, 7) is 5.25. The zero-order chi connectivity index (χ0) is 40.3. The summed E-state index contributed by atoms with van der Waals surface area (Å²) in [7, 11) is 1.75. The molecule has 3 amide bonds. The second-order valence-electron chi connectivity index (χ2n) is 16.0. The first-order valence-electron chi connectivity index (χ1n) is 20.3. The summed E-state index contributed by atoms with van der Waals surface area (Å²) in [5.41, 5.74) is 3.71. The minimum atomic E-state index is -0.707. The van der Waals surface area contributed by atoms with E-state index in [0.717, 1.165) is 88.7 Å². The second-order valence-corrected chi connectivity index (χ2v) is 16.0. The van der Waals surface area contributed by atoms with Crippen LogP contribution in [0.3, 0.4) is 0 Å². The van der Waals surface area contributed by atoms with Gasteiger partial charge in [0.05, 0.1) is 40.3 Å². The number of piperidine rings is 3. The van der Waals surface area contributed by atoms with Gasteiger partial charge in [0, 0.05) is 88.7 Å². The van der Waals surface area contributed by atoms with E-state index in [1.807, 2.05) is 18.3 Å². The number of aryl methyl sites for hydroxylation is 1. The van der Waals surface area contributed by atoms with Gasteiger partial charge in [0.2, 0.25) is 11.8 Å². The molecule has 8 rings (SSSR count). The fraction of sp³-hybridized carbons (Fsp3) is 0.452. The quantitative estimate of drug-likeness (QED) is 0.106. The van der Waals surface area contributed by atoms with Crippen molar-refractivity contribution in [2.75, 3.05) is 44.2 Å². The van der Waals surface area contributed by atoms with Crippen LogP contribution in [0.1, 0.15) is 57.4 Å². The lowest BCUT2D eigenvalue weighted by Crippen LogP contribution is -2.44. The fourth-order valence-corrected chi connectivity index (χ4v) is 8.44. The summed E-state index contributed by atoms with van der Waals surface area (Å²) in [5.74, 6) is 0.531. The standard InChI is InChI=1S/C42H51N11O5/c1-50-38-33(4-2-5-34(38)53(42(50)57)35-8-9-37(54)49-41(35)56)52-18-10-26(11-19-52)24-51-16-12-29(13-17-51)47-23-28-20-32(36(21-31(28)44)58-25-27-6-7-27)48-40(55)30(22-43)39-45-14-3-15-46-39/h2-5,14-15,20-23,26-27,29,35,43-45,47H,6-13,16-19,24-25H2,1H3,(H,48,55)(H,49,54,56)/b28-23-,39-30-,43-22?,44-31?. The summed E-state index contributed by atoms with van der Waals surface area (Å²) in [6, 6.07) is 5.43. The van der Waals surface area contributed by atoms with Gasteiger partial charge in [-0.05, 0) is 81.1 Å². The molecule has 5 heterocycles. The van der Waals surface area contributed by atoms with Crippen molar-refractivity contribution < 1.29 is 19.1 Å². The summed E-state index contributed by atoms with van der Waals surface area (Å²) in [4.78, 5) is 60.3. The van der Waals surface area contributed by atoms with Gasteiger partial charge >= 0.3 is 5.69 Å². The number of ether oxygens (including phenoxy) is 1. The Labute approximate surface area is 336 Å². The number of nitrogens with one attached hydrogen (secondary N) is 6. The molecule has 4 fully saturated rings. The molecule has 0 spiro atoms. The highest BCUT2D eigenvalue weighted by Crippen LogP contribution is 2.33. The van der Waals surface area contributed by atoms with Crippen LogP contribution in [-0.4, -0.2) is 95.3 Å². The van der Waals surface area contributed by atoms with E-state index in [1.165, 1.54) is 0 Å². The number of amides is 3. The van der Waals surface area contributed by atoms with Crippen molar-refractivity contribution >= 4 is 52.6 Å². The number of aromatic nitrogens is 2. The maximum atomic E-state index is 13.4. The molecule has 2 aromatic rings. The molecule has 1 atom stereocenters. The van der Waals surface area contributed by atoms with Crippen molar-refractivity contribution in [3.63, 3.8) is 0 Å². The molecule has 1 aromatic carbocycles. The summed E-state index contributed by atoms with van der Waals surface area (Å²) >= 11 is 0. The number of benzene rings is 1. The van der Waals surface area contributed by atoms with Gasteiger partial charge in [0.15, 0.2) is 0 Å². The maximum absolute atomic E-state index is 13.4. The first-order chi connectivity index (χ1) is 28.2. The molecule has 16 nitrogen and oxygen atoms in total. The number of imidazole rings is 1. The Balaban J connectivity index is 0.853. The average molecular weight is 790 g/mol. The van der Waals surface area contributed by atoms with Crippen molar-refractivity contribution in [3.05, 3.63) is 87.7 Å². The number of nitrogens with zero attached hydrogens (tertiary/aromatic N) is 5. The van der Waals surface area contributed by atoms with Gasteiger partial charge < -0.3 is 41.3 Å². The third-order valence-corrected chi connectivity index (χ3v) is 12.0. The van der Waals surface area contributed by atoms with Crippen LogP contribution >= 0.6 is 0 Å². The molecule has 0 bridgehead atoms. The molecule has 1 saturated carbocycles. The molecule has 6 aliphatic rings. The van der Waals surface area contributed by atoms with Crippen LogP contribution in [-0.2, 0) is 26.2 Å². The molecule has 16 heteroatoms. The molecular formula is C42H51N11O5. The number of para-hydroxylation sites is 1. The normalized spacial score (nSPS) is 23.7. The van der Waals surface area contributed by atoms with Crippen molar-refractivity contribution in [2.24, 2.45) is 23.9 Å². The first-order valence-corrected chi connectivity index (χ1v) is 20.3. The zero-order valence-electron chi connectivity index (χ0n) is 32.8. The van der Waals surface area contributed by atoms with Crippen molar-refractivity contribution in [2.45, 2.75) is 63.5 Å². The summed E-state index contributed by atoms with van der Waals surface area (Å²) in [5, 5.41) is 28.4. The van der Waals surface area contributed by atoms with Gasteiger partial charge in [0.25, 0.3) is 5.91 Å². The van der Waals surface area contributed by atoms with E-state index in [4.69, 9.17) is 15.6 Å². The lowest BCUT2D eigenvalue weighted by atomic mass is 9.94. The molecule has 1 aromatic heterocycles. The lowest BCUT2D eigenvalue weighted by molar-refractivity contribution is -0.135. The first kappa shape index (κ1) is 38.8. The highest BCUT2D eigenvalue weighted by Gasteiger charge is 2.33. The second kappa shape index (κ2) is 16.8. The van der Waals surface area contributed by atoms with Gasteiger partial charge in [-0.25, -0.2) is 9.79 Å². The predicted molar refractivity (Wildman–Crippen MR) is 222 cm³/mol. The Bertz CT molecular complexity index is 2260. The number of fused-ring (bicyclic) bond motifs is 1. The third-order valence-electron chi connectivity index (χ3n) is 12.0. The predicted octanol–water partition coefficient (Wildman–Crippen LogP) is 2.86. The van der Waals surface area contributed by atoms with Crippen LogP contribution in [0.4, 0.5) is 5.69 Å². The van der Waals surface area contributed by atoms with E-state index < -0.39 is 17.9 Å². The Kier molecular flexibility index (Phi) is 11.3. The zero-order valence-corrected chi connectivity index (χ0v) is 32.8. The van der Waals surface area contributed by atoms with E-state index >= 15 is 0 Å². The summed E-state index contributed by atoms with van der Waals surface area (Å²) < 4.78 is 9.25. The average Bonchev–Trinajstić information content (AvgIpc) is 4.03. The molecule has 0 radical (unpaired) electrons. The maximum Gasteiger partial charge on any atom is 0.329 e. The highest BCUT2D eigenvalue weighted by atomic mass is 16.5. The highest BCUT2D eigenvalue weighted by molar-refractivity contribution is 6.14. The number of likely N-dealkylation sites (tertiary alicyclic amines) is 1. The fourth-order valence-electron chi connectivity index (χ4n) is 8.44. The largest absolute Gasteiger partial charge is 0.491 e. The van der Waals surface area contributed by atoms with Crippen LogP contribution in [0, 0.1) is 22.7 Å². The number of allylic oxidation sites excluding steroid dienone is 4. The Morgan fingerprint density at radius 1 is 1.02 bits per heavy atom. The molecule has 304 valence electrons. The van der Waals surface area contributed by atoms with Crippen LogP contribution in [0.25, 0.3) is 11.0 Å². The number of aliphatic imine (C=N–C) groups is 1. The molecular weight excluding hydrogens is 739 g/mol. The van der Waals surface area contributed by atoms with Crippen LogP contribution in [0.5, 0.6) is 0 Å². The van der Waals surface area contributed by atoms with E-state index in [-0.39, 0.29) is 35.5 Å². The minimum absolute atomic E-state index is 0.0784. The van der Waals surface area contributed by atoms with E-state index in [0.29, 0.717) is 53.1 Å². The SMILES string of the molecule is Cn1c(=O)n(C2CCC(=O)NC2=O)c2cccc(N3CCC(CN4CCC(N/C=C5/C=C(NC(=O)/C(C=N)=C6\N=CC=CN6)C(OCC6CC6)=CC5=N)CC4)CC3)c21. The van der Waals surface area contributed by atoms with Gasteiger partial charge in [0.1, 0.15) is 17.6 Å². The van der Waals surface area contributed by atoms with Crippen LogP contribution in [0.2, 0.25) is 0 Å².